The second-order valence-electron chi connectivity index (χ2n) is 9.47. The van der Waals surface area contributed by atoms with Gasteiger partial charge in [-0.1, -0.05) is 30.3 Å². The smallest absolute Gasteiger partial charge is 0.408 e. The summed E-state index contributed by atoms with van der Waals surface area (Å²) in [5, 5.41) is 15.2. The first-order chi connectivity index (χ1) is 18.0. The molecule has 2 amide bonds. The van der Waals surface area contributed by atoms with E-state index in [1.54, 1.807) is 81.6 Å². The van der Waals surface area contributed by atoms with Crippen LogP contribution >= 0.6 is 0 Å². The summed E-state index contributed by atoms with van der Waals surface area (Å²) in [7, 11) is -3.82. The van der Waals surface area contributed by atoms with Gasteiger partial charge in [-0.3, -0.25) is 4.79 Å². The predicted octanol–water partition coefficient (Wildman–Crippen LogP) is 3.76. The molecule has 0 bridgehead atoms. The van der Waals surface area contributed by atoms with Crippen LogP contribution in [0.4, 0.5) is 10.5 Å². The average Bonchev–Trinajstić information content (AvgIpc) is 3.32. The fraction of sp³-hybridized carbons (Fsp3) is 0.222. The Morgan fingerprint density at radius 2 is 1.71 bits per heavy atom. The molecule has 0 unspecified atom stereocenters. The average molecular weight is 537 g/mol. The Morgan fingerprint density at radius 3 is 2.34 bits per heavy atom. The summed E-state index contributed by atoms with van der Waals surface area (Å²) in [4.78, 5) is 29.0. The Kier molecular flexibility index (Phi) is 7.51. The van der Waals surface area contributed by atoms with E-state index in [0.29, 0.717) is 16.7 Å². The Bertz CT molecular complexity index is 1560. The molecule has 0 aliphatic carbocycles. The van der Waals surface area contributed by atoms with Crippen LogP contribution in [0.2, 0.25) is 0 Å². The van der Waals surface area contributed by atoms with Crippen molar-refractivity contribution in [1.29, 1.82) is 0 Å². The minimum atomic E-state index is -3.82. The summed E-state index contributed by atoms with van der Waals surface area (Å²) in [5.74, 6) is -0.611. The van der Waals surface area contributed by atoms with Crippen LogP contribution in [0.25, 0.3) is 22.2 Å². The maximum absolute atomic E-state index is 13.1. The number of nitrogens with one attached hydrogen (secondary N) is 2. The fourth-order valence-electron chi connectivity index (χ4n) is 3.77. The molecule has 3 N–H and O–H groups in total. The molecule has 4 aromatic rings. The van der Waals surface area contributed by atoms with E-state index in [2.05, 4.69) is 15.6 Å². The minimum Gasteiger partial charge on any atom is -0.444 e. The molecule has 2 aromatic heterocycles. The number of carbonyl (C=O) groups excluding carboxylic acids is 2. The molecule has 4 rings (SSSR count). The summed E-state index contributed by atoms with van der Waals surface area (Å²) in [5.41, 5.74) is 1.52. The van der Waals surface area contributed by atoms with Gasteiger partial charge in [-0.25, -0.2) is 22.2 Å². The van der Waals surface area contributed by atoms with E-state index in [-0.39, 0.29) is 4.90 Å². The standard InChI is InChI=1S/C27H28N4O6S/c1-27(2,3)37-26(34)30-23(17-32)25(33)29-19-11-9-18(10-12-19)21-13-15-28-24-22(21)14-16-31(24)38(35,36)20-7-5-4-6-8-20/h4-16,23,32H,17H2,1-3H3,(H,29,33)(H,30,34)/t23-/m0/s1. The number of aromatic nitrogens is 2. The first-order valence-corrected chi connectivity index (χ1v) is 13.2. The molecule has 0 aliphatic rings. The van der Waals surface area contributed by atoms with Crippen molar-refractivity contribution in [3.05, 3.63) is 79.1 Å². The molecule has 38 heavy (non-hydrogen) atoms. The molecular formula is C27H28N4O6S. The molecule has 10 nitrogen and oxygen atoms in total. The highest BCUT2D eigenvalue weighted by atomic mass is 32.2. The van der Waals surface area contributed by atoms with Gasteiger partial charge >= 0.3 is 6.09 Å². The summed E-state index contributed by atoms with van der Waals surface area (Å²) >= 11 is 0. The van der Waals surface area contributed by atoms with E-state index in [1.165, 1.54) is 18.3 Å². The first-order valence-electron chi connectivity index (χ1n) is 11.8. The van der Waals surface area contributed by atoms with Crippen LogP contribution in [0.5, 0.6) is 0 Å². The number of ether oxygens (including phenoxy) is 1. The molecule has 0 aliphatic heterocycles. The lowest BCUT2D eigenvalue weighted by Gasteiger charge is -2.22. The summed E-state index contributed by atoms with van der Waals surface area (Å²) in [6, 6.07) is 17.3. The number of nitrogens with zero attached hydrogens (tertiary/aromatic N) is 2. The van der Waals surface area contributed by atoms with Crippen molar-refractivity contribution < 1.29 is 27.9 Å². The molecule has 0 fully saturated rings. The Hall–Kier alpha value is -4.22. The molecular weight excluding hydrogens is 508 g/mol. The topological polar surface area (TPSA) is 140 Å². The Morgan fingerprint density at radius 1 is 1.03 bits per heavy atom. The number of benzene rings is 2. The van der Waals surface area contributed by atoms with E-state index in [9.17, 15) is 23.1 Å². The number of pyridine rings is 1. The van der Waals surface area contributed by atoms with Gasteiger partial charge in [0.05, 0.1) is 11.5 Å². The normalized spacial score (nSPS) is 12.6. The van der Waals surface area contributed by atoms with Crippen molar-refractivity contribution in [3.63, 3.8) is 0 Å². The zero-order chi connectivity index (χ0) is 27.5. The van der Waals surface area contributed by atoms with Crippen molar-refractivity contribution in [2.24, 2.45) is 0 Å². The minimum absolute atomic E-state index is 0.159. The molecule has 0 radical (unpaired) electrons. The molecule has 198 valence electrons. The van der Waals surface area contributed by atoms with Gasteiger partial charge in [0, 0.05) is 23.5 Å². The largest absolute Gasteiger partial charge is 0.444 e. The van der Waals surface area contributed by atoms with Crippen molar-refractivity contribution in [3.8, 4) is 11.1 Å². The zero-order valence-corrected chi connectivity index (χ0v) is 21.9. The number of aliphatic hydroxyl groups excluding tert-OH is 1. The second-order valence-corrected chi connectivity index (χ2v) is 11.3. The third kappa shape index (κ3) is 5.84. The predicted molar refractivity (Wildman–Crippen MR) is 143 cm³/mol. The number of hydrogen-bond acceptors (Lipinski definition) is 7. The highest BCUT2D eigenvalue weighted by molar-refractivity contribution is 7.90. The number of amides is 2. The number of hydrogen-bond donors (Lipinski definition) is 3. The van der Waals surface area contributed by atoms with Crippen molar-refractivity contribution in [2.75, 3.05) is 11.9 Å². The van der Waals surface area contributed by atoms with Crippen molar-refractivity contribution in [1.82, 2.24) is 14.3 Å². The van der Waals surface area contributed by atoms with Crippen LogP contribution in [-0.4, -0.2) is 52.7 Å². The van der Waals surface area contributed by atoms with Gasteiger partial charge in [-0.2, -0.15) is 0 Å². The molecule has 11 heteroatoms. The molecule has 0 spiro atoms. The van der Waals surface area contributed by atoms with Gasteiger partial charge in [0.15, 0.2) is 5.65 Å². The molecule has 0 saturated heterocycles. The molecule has 2 heterocycles. The van der Waals surface area contributed by atoms with Crippen molar-refractivity contribution >= 4 is 38.7 Å². The van der Waals surface area contributed by atoms with Gasteiger partial charge in [-0.05, 0) is 68.3 Å². The van der Waals surface area contributed by atoms with Crippen LogP contribution in [0.15, 0.2) is 84.0 Å². The highest BCUT2D eigenvalue weighted by Gasteiger charge is 2.24. The van der Waals surface area contributed by atoms with Gasteiger partial charge in [0.2, 0.25) is 5.91 Å². The third-order valence-electron chi connectivity index (χ3n) is 5.51. The maximum Gasteiger partial charge on any atom is 0.408 e. The van der Waals surface area contributed by atoms with Gasteiger partial charge < -0.3 is 20.5 Å². The van der Waals surface area contributed by atoms with Crippen LogP contribution < -0.4 is 10.6 Å². The second kappa shape index (κ2) is 10.6. The van der Waals surface area contributed by atoms with E-state index in [4.69, 9.17) is 4.74 Å². The maximum atomic E-state index is 13.1. The van der Waals surface area contributed by atoms with Gasteiger partial charge in [0.25, 0.3) is 10.0 Å². The fourth-order valence-corrected chi connectivity index (χ4v) is 5.10. The molecule has 1 atom stereocenters. The lowest BCUT2D eigenvalue weighted by atomic mass is 10.0. The van der Waals surface area contributed by atoms with E-state index in [0.717, 1.165) is 15.1 Å². The SMILES string of the molecule is CC(C)(C)OC(=O)N[C@@H](CO)C(=O)Nc1ccc(-c2ccnc3c2ccn3S(=O)(=O)c2ccccc2)cc1. The van der Waals surface area contributed by atoms with E-state index < -0.39 is 40.3 Å². The summed E-state index contributed by atoms with van der Waals surface area (Å²) in [6.07, 6.45) is 2.20. The number of aliphatic hydroxyl groups is 1. The van der Waals surface area contributed by atoms with Crippen LogP contribution in [0, 0.1) is 0 Å². The lowest BCUT2D eigenvalue weighted by Crippen LogP contribution is -2.47. The number of carbonyl (C=O) groups is 2. The Balaban J connectivity index is 1.54. The zero-order valence-electron chi connectivity index (χ0n) is 21.1. The summed E-state index contributed by atoms with van der Waals surface area (Å²) < 4.78 is 32.6. The third-order valence-corrected chi connectivity index (χ3v) is 7.19. The molecule has 2 aromatic carbocycles. The Labute approximate surface area is 220 Å². The quantitative estimate of drug-likeness (QED) is 0.327. The van der Waals surface area contributed by atoms with E-state index >= 15 is 0 Å². The van der Waals surface area contributed by atoms with Gasteiger partial charge in [-0.15, -0.1) is 0 Å². The monoisotopic (exact) mass is 536 g/mol. The van der Waals surface area contributed by atoms with Crippen LogP contribution in [-0.2, 0) is 19.6 Å². The highest BCUT2D eigenvalue weighted by Crippen LogP contribution is 2.30. The number of alkyl carbamates (subject to hydrolysis) is 1. The number of rotatable bonds is 7. The van der Waals surface area contributed by atoms with Crippen LogP contribution in [0.1, 0.15) is 20.8 Å². The first kappa shape index (κ1) is 26.8. The van der Waals surface area contributed by atoms with Crippen LogP contribution in [0.3, 0.4) is 0 Å². The summed E-state index contributed by atoms with van der Waals surface area (Å²) in [6.45, 7) is 4.46. The lowest BCUT2D eigenvalue weighted by molar-refractivity contribution is -0.119. The van der Waals surface area contributed by atoms with E-state index in [1.807, 2.05) is 0 Å². The number of fused-ring (bicyclic) bond motifs is 1. The molecule has 0 saturated carbocycles. The van der Waals surface area contributed by atoms with Crippen molar-refractivity contribution in [2.45, 2.75) is 37.3 Å². The number of anilines is 1. The van der Waals surface area contributed by atoms with Gasteiger partial charge in [0.1, 0.15) is 11.6 Å².